The summed E-state index contributed by atoms with van der Waals surface area (Å²) in [7, 11) is 0. The van der Waals surface area contributed by atoms with Gasteiger partial charge in [0.1, 0.15) is 11.8 Å². The average molecular weight is 396 g/mol. The molecule has 0 heterocycles. The van der Waals surface area contributed by atoms with Crippen molar-refractivity contribution in [2.45, 2.75) is 52.4 Å². The van der Waals surface area contributed by atoms with Crippen molar-refractivity contribution in [3.63, 3.8) is 0 Å². The number of amides is 1. The van der Waals surface area contributed by atoms with E-state index in [-0.39, 0.29) is 37.4 Å². The van der Waals surface area contributed by atoms with Gasteiger partial charge in [-0.05, 0) is 30.7 Å². The predicted octanol–water partition coefficient (Wildman–Crippen LogP) is 0.556. The molecule has 0 saturated heterocycles. The van der Waals surface area contributed by atoms with E-state index in [2.05, 4.69) is 5.32 Å². The van der Waals surface area contributed by atoms with Gasteiger partial charge < -0.3 is 21.0 Å². The number of hydrogen-bond donors (Lipinski definition) is 1. The molecule has 0 aliphatic carbocycles. The van der Waals surface area contributed by atoms with Gasteiger partial charge in [0, 0.05) is 17.9 Å². The van der Waals surface area contributed by atoms with Gasteiger partial charge in [-0.25, -0.2) is 9.59 Å². The maximum Gasteiger partial charge on any atom is 1.00 e. The minimum absolute atomic E-state index is 0. The third kappa shape index (κ3) is 8.89. The van der Waals surface area contributed by atoms with E-state index in [9.17, 15) is 14.4 Å². The van der Waals surface area contributed by atoms with Crippen LogP contribution in [0.15, 0.2) is 24.3 Å². The smallest absolute Gasteiger partial charge is 1.00 e. The van der Waals surface area contributed by atoms with Gasteiger partial charge >= 0.3 is 47.6 Å². The second kappa shape index (κ2) is 13.0. The van der Waals surface area contributed by atoms with Crippen LogP contribution < -0.4 is 39.6 Å². The van der Waals surface area contributed by atoms with E-state index in [1.807, 2.05) is 0 Å². The Morgan fingerprint density at radius 1 is 1.08 bits per heavy atom. The van der Waals surface area contributed by atoms with Crippen LogP contribution in [0.5, 0.6) is 5.75 Å². The molecule has 0 fully saturated rings. The fourth-order valence-electron chi connectivity index (χ4n) is 1.73. The summed E-state index contributed by atoms with van der Waals surface area (Å²) in [5.41, 5.74) is 0. The van der Waals surface area contributed by atoms with E-state index < -0.39 is 30.4 Å². The number of ether oxygens (including phenoxy) is 3. The van der Waals surface area contributed by atoms with Gasteiger partial charge in [0.15, 0.2) is 0 Å². The molecule has 0 aromatic heterocycles. The second-order valence-electron chi connectivity index (χ2n) is 5.07. The zero-order valence-corrected chi connectivity index (χ0v) is 18.2. The number of carbonyl (C=O) groups is 3. The van der Waals surface area contributed by atoms with E-state index in [0.29, 0.717) is 23.6 Å². The van der Waals surface area contributed by atoms with Crippen molar-refractivity contribution in [2.75, 3.05) is 0 Å². The van der Waals surface area contributed by atoms with Gasteiger partial charge in [0.2, 0.25) is 6.29 Å². The van der Waals surface area contributed by atoms with E-state index >= 15 is 0 Å². The summed E-state index contributed by atoms with van der Waals surface area (Å²) >= 11 is 5.77. The molecule has 0 aliphatic rings. The van der Waals surface area contributed by atoms with Gasteiger partial charge in [-0.3, -0.25) is 4.79 Å². The SMILES string of the molecule is CCC(=O)OC(CC)OC(=O)NC(CC)C(=O)Oc1ccc(Cl)cc1.[H-].[Na+]. The Morgan fingerprint density at radius 2 is 1.69 bits per heavy atom. The van der Waals surface area contributed by atoms with Gasteiger partial charge in [0.25, 0.3) is 0 Å². The second-order valence-corrected chi connectivity index (χ2v) is 5.50. The molecule has 26 heavy (non-hydrogen) atoms. The van der Waals surface area contributed by atoms with E-state index in [4.69, 9.17) is 25.8 Å². The van der Waals surface area contributed by atoms with Crippen molar-refractivity contribution in [1.82, 2.24) is 5.32 Å². The Bertz CT molecular complexity index is 602. The molecule has 0 spiro atoms. The average Bonchev–Trinajstić information content (AvgIpc) is 2.60. The fourth-order valence-corrected chi connectivity index (χ4v) is 1.86. The van der Waals surface area contributed by atoms with Gasteiger partial charge in [-0.1, -0.05) is 32.4 Å². The molecule has 9 heteroatoms. The molecule has 2 unspecified atom stereocenters. The van der Waals surface area contributed by atoms with Crippen molar-refractivity contribution in [3.05, 3.63) is 29.3 Å². The molecule has 0 radical (unpaired) electrons. The van der Waals surface area contributed by atoms with Crippen LogP contribution in [0.3, 0.4) is 0 Å². The van der Waals surface area contributed by atoms with Crippen molar-refractivity contribution in [2.24, 2.45) is 0 Å². The number of benzene rings is 1. The third-order valence-corrected chi connectivity index (χ3v) is 3.39. The van der Waals surface area contributed by atoms with Crippen LogP contribution >= 0.6 is 11.6 Å². The van der Waals surface area contributed by atoms with Crippen LogP contribution in [0.1, 0.15) is 41.5 Å². The molecule has 1 aromatic carbocycles. The summed E-state index contributed by atoms with van der Waals surface area (Å²) in [6.45, 7) is 5.05. The Labute approximate surface area is 181 Å². The molecule has 140 valence electrons. The number of hydrogen-bond acceptors (Lipinski definition) is 6. The number of esters is 2. The number of halogens is 1. The number of rotatable bonds is 8. The minimum atomic E-state index is -1.00. The summed E-state index contributed by atoms with van der Waals surface area (Å²) in [6, 6.07) is 5.36. The first-order chi connectivity index (χ1) is 11.9. The summed E-state index contributed by atoms with van der Waals surface area (Å²) in [5, 5.41) is 2.92. The van der Waals surface area contributed by atoms with E-state index in [0.717, 1.165) is 0 Å². The normalized spacial score (nSPS) is 12.2. The first kappa shape index (κ1) is 24.7. The maximum absolute atomic E-state index is 12.1. The quantitative estimate of drug-likeness (QED) is 0.299. The Hall–Kier alpha value is -1.28. The van der Waals surface area contributed by atoms with Crippen molar-refractivity contribution < 1.29 is 59.6 Å². The Kier molecular flexibility index (Phi) is 12.3. The standard InChI is InChI=1S/C17H22ClNO6.Na.H/c1-4-13(16(21)23-12-9-7-11(18)8-10-12)19-17(22)25-15(6-3)24-14(20)5-2;;/h7-10,13,15H,4-6H2,1-3H3,(H,19,22);;/q;+1;-1. The van der Waals surface area contributed by atoms with Crippen LogP contribution in [0.2, 0.25) is 5.02 Å². The van der Waals surface area contributed by atoms with Gasteiger partial charge in [0.05, 0.1) is 0 Å². The molecule has 7 nitrogen and oxygen atoms in total. The first-order valence-electron chi connectivity index (χ1n) is 8.03. The molecule has 2 atom stereocenters. The number of carbonyl (C=O) groups excluding carboxylic acids is 3. The maximum atomic E-state index is 12.1. The Morgan fingerprint density at radius 3 is 2.19 bits per heavy atom. The van der Waals surface area contributed by atoms with Crippen LogP contribution in [-0.4, -0.2) is 30.4 Å². The molecule has 1 aromatic rings. The zero-order chi connectivity index (χ0) is 18.8. The minimum Gasteiger partial charge on any atom is -1.00 e. The molecule has 1 amide bonds. The van der Waals surface area contributed by atoms with Gasteiger partial charge in [-0.2, -0.15) is 0 Å². The molecular formula is C17H23ClNNaO6. The zero-order valence-electron chi connectivity index (χ0n) is 16.4. The molecule has 0 saturated carbocycles. The van der Waals surface area contributed by atoms with Crippen LogP contribution in [0, 0.1) is 0 Å². The molecular weight excluding hydrogens is 373 g/mol. The molecule has 1 N–H and O–H groups in total. The Balaban J connectivity index is 0. The van der Waals surface area contributed by atoms with E-state index in [1.54, 1.807) is 45.0 Å². The van der Waals surface area contributed by atoms with Crippen LogP contribution in [0.4, 0.5) is 4.79 Å². The monoisotopic (exact) mass is 395 g/mol. The predicted molar refractivity (Wildman–Crippen MR) is 92.4 cm³/mol. The van der Waals surface area contributed by atoms with Crippen LogP contribution in [0.25, 0.3) is 0 Å². The first-order valence-corrected chi connectivity index (χ1v) is 8.41. The summed E-state index contributed by atoms with van der Waals surface area (Å²) in [5.74, 6) is -0.805. The van der Waals surface area contributed by atoms with Crippen molar-refractivity contribution in [3.8, 4) is 5.75 Å². The third-order valence-electron chi connectivity index (χ3n) is 3.14. The van der Waals surface area contributed by atoms with Gasteiger partial charge in [-0.15, -0.1) is 0 Å². The summed E-state index contributed by atoms with van der Waals surface area (Å²) in [6.07, 6.45) is -1.10. The fraction of sp³-hybridized carbons (Fsp3) is 0.471. The molecule has 0 bridgehead atoms. The van der Waals surface area contributed by atoms with Crippen LogP contribution in [-0.2, 0) is 19.1 Å². The number of nitrogens with one attached hydrogen (secondary N) is 1. The molecule has 1 rings (SSSR count). The molecule has 0 aliphatic heterocycles. The summed E-state index contributed by atoms with van der Waals surface area (Å²) < 4.78 is 15.1. The van der Waals surface area contributed by atoms with Crippen molar-refractivity contribution >= 4 is 29.6 Å². The largest absolute Gasteiger partial charge is 1.00 e. The topological polar surface area (TPSA) is 90.9 Å². The van der Waals surface area contributed by atoms with E-state index in [1.165, 1.54) is 0 Å². The summed E-state index contributed by atoms with van der Waals surface area (Å²) in [4.78, 5) is 35.3. The van der Waals surface area contributed by atoms with Crippen molar-refractivity contribution in [1.29, 1.82) is 0 Å². The number of alkyl carbamates (subject to hydrolysis) is 1.